The van der Waals surface area contributed by atoms with Gasteiger partial charge in [-0.1, -0.05) is 35.9 Å². The molecule has 0 amide bonds. The molecule has 4 heterocycles. The van der Waals surface area contributed by atoms with Crippen molar-refractivity contribution in [3.63, 3.8) is 0 Å². The van der Waals surface area contributed by atoms with Crippen LogP contribution in [0.5, 0.6) is 0 Å². The van der Waals surface area contributed by atoms with Crippen LogP contribution in [-0.2, 0) is 6.54 Å². The Balaban J connectivity index is 1.53. The van der Waals surface area contributed by atoms with Gasteiger partial charge in [0.05, 0.1) is 4.34 Å². The number of aromatic nitrogens is 1. The van der Waals surface area contributed by atoms with Gasteiger partial charge in [-0.05, 0) is 54.8 Å². The Morgan fingerprint density at radius 2 is 1.89 bits per heavy atom. The summed E-state index contributed by atoms with van der Waals surface area (Å²) in [6.45, 7) is 4.24. The van der Waals surface area contributed by atoms with E-state index in [0.29, 0.717) is 5.92 Å². The number of nitrogens with zero attached hydrogens (tertiary/aromatic N) is 3. The van der Waals surface area contributed by atoms with Crippen LogP contribution in [0.2, 0.25) is 4.34 Å². The van der Waals surface area contributed by atoms with Crippen LogP contribution in [0.25, 0.3) is 11.1 Å². The number of halogens is 1. The summed E-state index contributed by atoms with van der Waals surface area (Å²) in [5.41, 5.74) is 5.22. The monoisotopic (exact) mass is 409 g/mol. The molecule has 28 heavy (non-hydrogen) atoms. The molecule has 5 heteroatoms. The highest BCUT2D eigenvalue weighted by Gasteiger charge is 2.28. The predicted molar refractivity (Wildman–Crippen MR) is 119 cm³/mol. The summed E-state index contributed by atoms with van der Waals surface area (Å²) >= 11 is 8.09. The van der Waals surface area contributed by atoms with Gasteiger partial charge >= 0.3 is 0 Å². The van der Waals surface area contributed by atoms with Gasteiger partial charge in [0.15, 0.2) is 0 Å². The van der Waals surface area contributed by atoms with Crippen LogP contribution in [0.1, 0.15) is 34.8 Å². The fourth-order valence-corrected chi connectivity index (χ4v) is 5.98. The van der Waals surface area contributed by atoms with E-state index in [2.05, 4.69) is 59.3 Å². The van der Waals surface area contributed by atoms with Crippen molar-refractivity contribution < 1.29 is 0 Å². The average Bonchev–Trinajstić information content (AvgIpc) is 3.37. The van der Waals surface area contributed by atoms with Crippen molar-refractivity contribution in [1.82, 2.24) is 9.88 Å². The second-order valence-electron chi connectivity index (χ2n) is 7.86. The first-order chi connectivity index (χ1) is 13.7. The molecular formula is C23H24ClN3S. The van der Waals surface area contributed by atoms with E-state index in [1.54, 1.807) is 11.3 Å². The number of fused-ring (bicyclic) bond motifs is 1. The third-order valence-corrected chi connectivity index (χ3v) is 7.18. The van der Waals surface area contributed by atoms with Crippen LogP contribution in [0.3, 0.4) is 0 Å². The topological polar surface area (TPSA) is 19.4 Å². The smallest absolute Gasteiger partial charge is 0.128 e. The Morgan fingerprint density at radius 3 is 2.68 bits per heavy atom. The molecule has 1 atom stereocenters. The lowest BCUT2D eigenvalue weighted by atomic mass is 9.84. The van der Waals surface area contributed by atoms with Crippen molar-refractivity contribution >= 4 is 28.8 Å². The highest BCUT2D eigenvalue weighted by atomic mass is 35.5. The summed E-state index contributed by atoms with van der Waals surface area (Å²) in [5, 5.41) is 0. The van der Waals surface area contributed by atoms with Gasteiger partial charge in [-0.15, -0.1) is 11.3 Å². The fourth-order valence-electron chi connectivity index (χ4n) is 4.56. The first-order valence-electron chi connectivity index (χ1n) is 9.96. The minimum absolute atomic E-state index is 0.340. The molecule has 3 aromatic rings. The van der Waals surface area contributed by atoms with Crippen LogP contribution >= 0.6 is 22.9 Å². The number of pyridine rings is 1. The van der Waals surface area contributed by atoms with Crippen molar-refractivity contribution in [1.29, 1.82) is 0 Å². The van der Waals surface area contributed by atoms with E-state index in [4.69, 9.17) is 16.6 Å². The summed E-state index contributed by atoms with van der Waals surface area (Å²) in [6.07, 6.45) is 4.58. The second kappa shape index (κ2) is 7.51. The first kappa shape index (κ1) is 18.2. The molecule has 1 unspecified atom stereocenters. The number of thiophene rings is 1. The van der Waals surface area contributed by atoms with Crippen LogP contribution in [0.4, 0.5) is 5.82 Å². The van der Waals surface area contributed by atoms with Gasteiger partial charge in [0.2, 0.25) is 0 Å². The van der Waals surface area contributed by atoms with E-state index in [-0.39, 0.29) is 0 Å². The van der Waals surface area contributed by atoms with E-state index < -0.39 is 0 Å². The Kier molecular flexibility index (Phi) is 4.87. The number of hydrogen-bond acceptors (Lipinski definition) is 4. The maximum Gasteiger partial charge on any atom is 0.128 e. The highest BCUT2D eigenvalue weighted by Crippen LogP contribution is 2.42. The summed E-state index contributed by atoms with van der Waals surface area (Å²) in [6, 6.07) is 15.3. The van der Waals surface area contributed by atoms with Crippen LogP contribution in [-0.4, -0.2) is 36.6 Å². The number of benzene rings is 1. The molecule has 0 bridgehead atoms. The number of rotatable bonds is 3. The number of hydrogen-bond donors (Lipinski definition) is 0. The van der Waals surface area contributed by atoms with E-state index in [1.165, 1.54) is 40.0 Å². The standard InChI is InChI=1S/C23H24ClN3S/c1-26-14-20(19-12-22(24)28-21(19)15-26)18-7-3-2-6-17(18)16-8-9-23(25-13-16)27-10-4-5-11-27/h2-3,6-9,12-13,20H,4-5,10-11,14-15H2,1H3. The molecule has 1 saturated heterocycles. The van der Waals surface area contributed by atoms with Gasteiger partial charge in [0, 0.05) is 48.7 Å². The predicted octanol–water partition coefficient (Wildman–Crippen LogP) is 5.64. The van der Waals surface area contributed by atoms with Crippen LogP contribution in [0, 0.1) is 0 Å². The molecule has 5 rings (SSSR count). The minimum Gasteiger partial charge on any atom is -0.357 e. The second-order valence-corrected chi connectivity index (χ2v) is 9.63. The molecule has 0 radical (unpaired) electrons. The van der Waals surface area contributed by atoms with Gasteiger partial charge in [-0.3, -0.25) is 0 Å². The lowest BCUT2D eigenvalue weighted by Gasteiger charge is -2.31. The molecule has 2 aliphatic heterocycles. The first-order valence-corrected chi connectivity index (χ1v) is 11.2. The summed E-state index contributed by atoms with van der Waals surface area (Å²) in [4.78, 5) is 10.9. The van der Waals surface area contributed by atoms with E-state index in [9.17, 15) is 0 Å². The Hall–Kier alpha value is -1.88. The zero-order valence-corrected chi connectivity index (χ0v) is 17.6. The van der Waals surface area contributed by atoms with Crippen molar-refractivity contribution in [3.8, 4) is 11.1 Å². The largest absolute Gasteiger partial charge is 0.357 e. The van der Waals surface area contributed by atoms with Gasteiger partial charge in [-0.2, -0.15) is 0 Å². The molecule has 2 aromatic heterocycles. The maximum absolute atomic E-state index is 6.37. The Labute approximate surface area is 175 Å². The third-order valence-electron chi connectivity index (χ3n) is 5.92. The molecule has 0 aliphatic carbocycles. The zero-order valence-electron chi connectivity index (χ0n) is 16.1. The molecule has 3 nitrogen and oxygen atoms in total. The van der Waals surface area contributed by atoms with Crippen molar-refractivity contribution in [3.05, 3.63) is 69.0 Å². The lowest BCUT2D eigenvalue weighted by molar-refractivity contribution is 0.299. The minimum atomic E-state index is 0.340. The van der Waals surface area contributed by atoms with Crippen LogP contribution < -0.4 is 4.90 Å². The molecule has 144 valence electrons. The molecule has 2 aliphatic rings. The van der Waals surface area contributed by atoms with Crippen LogP contribution in [0.15, 0.2) is 48.7 Å². The Morgan fingerprint density at radius 1 is 1.07 bits per heavy atom. The molecule has 0 spiro atoms. The Bertz CT molecular complexity index is 976. The van der Waals surface area contributed by atoms with Gasteiger partial charge in [0.1, 0.15) is 5.82 Å². The SMILES string of the molecule is CN1Cc2sc(Cl)cc2C(c2ccccc2-c2ccc(N3CCCC3)nc2)C1. The van der Waals surface area contributed by atoms with Crippen molar-refractivity contribution in [2.24, 2.45) is 0 Å². The molecular weight excluding hydrogens is 386 g/mol. The third kappa shape index (κ3) is 3.34. The molecule has 0 saturated carbocycles. The van der Waals surface area contributed by atoms with E-state index >= 15 is 0 Å². The lowest BCUT2D eigenvalue weighted by Crippen LogP contribution is -2.30. The van der Waals surface area contributed by atoms with Gasteiger partial charge in [0.25, 0.3) is 0 Å². The van der Waals surface area contributed by atoms with Crippen molar-refractivity contribution in [2.45, 2.75) is 25.3 Å². The number of anilines is 1. The van der Waals surface area contributed by atoms with Gasteiger partial charge in [-0.25, -0.2) is 4.98 Å². The summed E-state index contributed by atoms with van der Waals surface area (Å²) in [7, 11) is 2.19. The average molecular weight is 410 g/mol. The van der Waals surface area contributed by atoms with Crippen molar-refractivity contribution in [2.75, 3.05) is 31.6 Å². The molecule has 1 aromatic carbocycles. The summed E-state index contributed by atoms with van der Waals surface area (Å²) in [5.74, 6) is 1.44. The molecule has 1 fully saturated rings. The van der Waals surface area contributed by atoms with E-state index in [0.717, 1.165) is 36.3 Å². The normalized spacial score (nSPS) is 19.8. The quantitative estimate of drug-likeness (QED) is 0.557. The highest BCUT2D eigenvalue weighted by molar-refractivity contribution is 7.16. The molecule has 0 N–H and O–H groups in total. The number of likely N-dealkylation sites (N-methyl/N-ethyl adjacent to an activating group) is 1. The summed E-state index contributed by atoms with van der Waals surface area (Å²) < 4.78 is 0.888. The fraction of sp³-hybridized carbons (Fsp3) is 0.348. The van der Waals surface area contributed by atoms with Gasteiger partial charge < -0.3 is 9.80 Å². The van der Waals surface area contributed by atoms with E-state index in [1.807, 2.05) is 6.20 Å². The zero-order chi connectivity index (χ0) is 19.1. The maximum atomic E-state index is 6.37.